The summed E-state index contributed by atoms with van der Waals surface area (Å²) in [4.78, 5) is 0. The first-order chi connectivity index (χ1) is 10.2. The van der Waals surface area contributed by atoms with Gasteiger partial charge in [-0.15, -0.1) is 0 Å². The molecule has 112 valence electrons. The molecule has 1 N–H and O–H groups in total. The first kappa shape index (κ1) is 16.5. The zero-order valence-electron chi connectivity index (χ0n) is 12.4. The van der Waals surface area contributed by atoms with Gasteiger partial charge < -0.3 is 5.32 Å². The molecule has 0 saturated carbocycles. The van der Waals surface area contributed by atoms with Crippen molar-refractivity contribution in [3.05, 3.63) is 69.2 Å². The van der Waals surface area contributed by atoms with Gasteiger partial charge in [-0.25, -0.2) is 0 Å². The number of hydrogen-bond donors (Lipinski definition) is 1. The number of rotatable bonds is 6. The van der Waals surface area contributed by atoms with Gasteiger partial charge in [-0.1, -0.05) is 70.9 Å². The first-order valence-electron chi connectivity index (χ1n) is 7.31. The lowest BCUT2D eigenvalue weighted by molar-refractivity contribution is 0.448. The summed E-state index contributed by atoms with van der Waals surface area (Å²) in [5, 5.41) is 4.30. The predicted molar refractivity (Wildman–Crippen MR) is 95.2 cm³/mol. The summed E-state index contributed by atoms with van der Waals surface area (Å²) in [7, 11) is 2.03. The van der Waals surface area contributed by atoms with E-state index in [0.717, 1.165) is 22.3 Å². The molecule has 3 heteroatoms. The van der Waals surface area contributed by atoms with Gasteiger partial charge in [0.25, 0.3) is 0 Å². The molecule has 0 amide bonds. The minimum atomic E-state index is 0.371. The normalized spacial score (nSPS) is 13.9. The Morgan fingerprint density at radius 1 is 1.14 bits per heavy atom. The molecule has 0 radical (unpaired) electrons. The quantitative estimate of drug-likeness (QED) is 0.719. The van der Waals surface area contributed by atoms with Crippen LogP contribution in [0.2, 0.25) is 5.02 Å². The summed E-state index contributed by atoms with van der Waals surface area (Å²) in [6.45, 7) is 2.24. The standard InChI is InChI=1S/C18H21BrClN/c1-3-16(13-7-5-4-6-8-13)18(21-2)11-14-9-10-15(19)12-17(14)20/h4-10,12,16,18,21H,3,11H2,1-2H3. The lowest BCUT2D eigenvalue weighted by Crippen LogP contribution is -2.34. The van der Waals surface area contributed by atoms with E-state index in [4.69, 9.17) is 11.6 Å². The maximum Gasteiger partial charge on any atom is 0.0449 e. The number of nitrogens with one attached hydrogen (secondary N) is 1. The predicted octanol–water partition coefficient (Wildman–Crippen LogP) is 5.43. The maximum atomic E-state index is 6.37. The Kier molecular flexibility index (Phi) is 6.28. The Labute approximate surface area is 140 Å². The highest BCUT2D eigenvalue weighted by Gasteiger charge is 2.21. The van der Waals surface area contributed by atoms with Gasteiger partial charge in [0.15, 0.2) is 0 Å². The Balaban J connectivity index is 2.22. The summed E-state index contributed by atoms with van der Waals surface area (Å²) >= 11 is 9.83. The topological polar surface area (TPSA) is 12.0 Å². The van der Waals surface area contributed by atoms with Gasteiger partial charge >= 0.3 is 0 Å². The molecule has 21 heavy (non-hydrogen) atoms. The van der Waals surface area contributed by atoms with Crippen molar-refractivity contribution in [1.29, 1.82) is 0 Å². The van der Waals surface area contributed by atoms with E-state index in [-0.39, 0.29) is 0 Å². The van der Waals surface area contributed by atoms with Crippen molar-refractivity contribution < 1.29 is 0 Å². The van der Waals surface area contributed by atoms with Gasteiger partial charge in [-0.05, 0) is 49.1 Å². The van der Waals surface area contributed by atoms with E-state index in [2.05, 4.69) is 70.6 Å². The zero-order chi connectivity index (χ0) is 15.2. The highest BCUT2D eigenvalue weighted by Crippen LogP contribution is 2.28. The monoisotopic (exact) mass is 365 g/mol. The molecule has 0 aliphatic rings. The Hall–Kier alpha value is -0.830. The minimum absolute atomic E-state index is 0.371. The number of likely N-dealkylation sites (N-methyl/N-ethyl adjacent to an activating group) is 1. The van der Waals surface area contributed by atoms with Crippen LogP contribution in [0.4, 0.5) is 0 Å². The Morgan fingerprint density at radius 3 is 2.43 bits per heavy atom. The summed E-state index contributed by atoms with van der Waals surface area (Å²) in [5.41, 5.74) is 2.57. The largest absolute Gasteiger partial charge is 0.316 e. The van der Waals surface area contributed by atoms with Crippen LogP contribution in [0.25, 0.3) is 0 Å². The van der Waals surface area contributed by atoms with E-state index in [9.17, 15) is 0 Å². The average Bonchev–Trinajstić information content (AvgIpc) is 2.50. The van der Waals surface area contributed by atoms with Crippen molar-refractivity contribution in [2.24, 2.45) is 0 Å². The molecule has 2 aromatic carbocycles. The third kappa shape index (κ3) is 4.32. The average molecular weight is 367 g/mol. The number of benzene rings is 2. The second-order valence-corrected chi connectivity index (χ2v) is 6.58. The van der Waals surface area contributed by atoms with E-state index in [1.54, 1.807) is 0 Å². The van der Waals surface area contributed by atoms with Gasteiger partial charge in [0.2, 0.25) is 0 Å². The number of hydrogen-bond acceptors (Lipinski definition) is 1. The lowest BCUT2D eigenvalue weighted by Gasteiger charge is -2.27. The van der Waals surface area contributed by atoms with E-state index >= 15 is 0 Å². The van der Waals surface area contributed by atoms with Gasteiger partial charge in [0, 0.05) is 15.5 Å². The van der Waals surface area contributed by atoms with E-state index in [1.807, 2.05) is 13.1 Å². The molecule has 2 aromatic rings. The molecule has 0 saturated heterocycles. The number of halogens is 2. The van der Waals surface area contributed by atoms with Crippen molar-refractivity contribution >= 4 is 27.5 Å². The van der Waals surface area contributed by atoms with Crippen LogP contribution in [0, 0.1) is 0 Å². The summed E-state index contributed by atoms with van der Waals surface area (Å²) in [6.07, 6.45) is 2.03. The third-order valence-electron chi connectivity index (χ3n) is 3.98. The summed E-state index contributed by atoms with van der Waals surface area (Å²) < 4.78 is 1.02. The molecule has 0 spiro atoms. The van der Waals surface area contributed by atoms with Gasteiger partial charge in [-0.2, -0.15) is 0 Å². The van der Waals surface area contributed by atoms with Crippen LogP contribution in [-0.2, 0) is 6.42 Å². The second kappa shape index (κ2) is 7.98. The molecule has 0 aliphatic carbocycles. The van der Waals surface area contributed by atoms with E-state index in [0.29, 0.717) is 12.0 Å². The van der Waals surface area contributed by atoms with E-state index in [1.165, 1.54) is 11.1 Å². The smallest absolute Gasteiger partial charge is 0.0449 e. The van der Waals surface area contributed by atoms with Crippen molar-refractivity contribution in [3.63, 3.8) is 0 Å². The lowest BCUT2D eigenvalue weighted by atomic mass is 9.86. The van der Waals surface area contributed by atoms with Crippen molar-refractivity contribution in [2.45, 2.75) is 31.7 Å². The Morgan fingerprint density at radius 2 is 1.86 bits per heavy atom. The van der Waals surface area contributed by atoms with Crippen molar-refractivity contribution in [2.75, 3.05) is 7.05 Å². The fraction of sp³-hybridized carbons (Fsp3) is 0.333. The molecular formula is C18H21BrClN. The Bertz CT molecular complexity index is 571. The highest BCUT2D eigenvalue weighted by molar-refractivity contribution is 9.10. The van der Waals surface area contributed by atoms with Crippen molar-refractivity contribution in [1.82, 2.24) is 5.32 Å². The van der Waals surface area contributed by atoms with Crippen LogP contribution in [0.1, 0.15) is 30.4 Å². The first-order valence-corrected chi connectivity index (χ1v) is 8.49. The molecule has 0 bridgehead atoms. The van der Waals surface area contributed by atoms with Crippen LogP contribution in [-0.4, -0.2) is 13.1 Å². The molecule has 2 rings (SSSR count). The molecule has 2 atom stereocenters. The fourth-order valence-electron chi connectivity index (χ4n) is 2.82. The van der Waals surface area contributed by atoms with Gasteiger partial charge in [0.1, 0.15) is 0 Å². The second-order valence-electron chi connectivity index (χ2n) is 5.26. The van der Waals surface area contributed by atoms with Crippen LogP contribution in [0.3, 0.4) is 0 Å². The molecule has 0 heterocycles. The van der Waals surface area contributed by atoms with Crippen molar-refractivity contribution in [3.8, 4) is 0 Å². The van der Waals surface area contributed by atoms with Crippen LogP contribution < -0.4 is 5.32 Å². The van der Waals surface area contributed by atoms with Crippen LogP contribution >= 0.6 is 27.5 Å². The van der Waals surface area contributed by atoms with Gasteiger partial charge in [0.05, 0.1) is 0 Å². The highest BCUT2D eigenvalue weighted by atomic mass is 79.9. The molecular weight excluding hydrogens is 346 g/mol. The summed E-state index contributed by atoms with van der Waals surface area (Å²) in [5.74, 6) is 0.482. The third-order valence-corrected chi connectivity index (χ3v) is 4.82. The van der Waals surface area contributed by atoms with Gasteiger partial charge in [-0.3, -0.25) is 0 Å². The SMILES string of the molecule is CCC(c1ccccc1)C(Cc1ccc(Br)cc1Cl)NC. The fourth-order valence-corrected chi connectivity index (χ4v) is 3.57. The van der Waals surface area contributed by atoms with Crippen LogP contribution in [0.15, 0.2) is 53.0 Å². The van der Waals surface area contributed by atoms with E-state index < -0.39 is 0 Å². The molecule has 0 aliphatic heterocycles. The maximum absolute atomic E-state index is 6.37. The van der Waals surface area contributed by atoms with Crippen LogP contribution in [0.5, 0.6) is 0 Å². The molecule has 2 unspecified atom stereocenters. The minimum Gasteiger partial charge on any atom is -0.316 e. The molecule has 0 fully saturated rings. The molecule has 1 nitrogen and oxygen atoms in total. The zero-order valence-corrected chi connectivity index (χ0v) is 14.8. The summed E-state index contributed by atoms with van der Waals surface area (Å²) in [6, 6.07) is 17.2. The molecule has 0 aromatic heterocycles.